The Kier molecular flexibility index (Phi) is 2.57. The molecule has 0 amide bonds. The number of benzene rings is 2. The molecule has 2 aromatic carbocycles. The maximum Gasteiger partial charge on any atom is 0.157 e. The molecule has 1 N–H and O–H groups in total. The van der Waals surface area contributed by atoms with Crippen LogP contribution in [0.1, 0.15) is 0 Å². The van der Waals surface area contributed by atoms with Crippen LogP contribution in [0.2, 0.25) is 0 Å². The molecule has 0 radical (unpaired) electrons. The highest BCUT2D eigenvalue weighted by Crippen LogP contribution is 2.23. The first-order valence-electron chi connectivity index (χ1n) is 6.31. The Labute approximate surface area is 123 Å². The van der Waals surface area contributed by atoms with Gasteiger partial charge in [-0.2, -0.15) is 0 Å². The number of rotatable bonds is 1. The SMILES string of the molecule is Brc1ccc2nc(-c3ccc4ccccc4n3)[nH]c2c1. The minimum atomic E-state index is 0.795. The fourth-order valence-corrected chi connectivity index (χ4v) is 2.66. The molecular formula is C16H10BrN3. The minimum Gasteiger partial charge on any atom is -0.337 e. The van der Waals surface area contributed by atoms with E-state index in [4.69, 9.17) is 0 Å². The zero-order valence-electron chi connectivity index (χ0n) is 10.5. The number of halogens is 1. The number of aromatic nitrogens is 3. The van der Waals surface area contributed by atoms with Crippen molar-refractivity contribution in [2.75, 3.05) is 0 Å². The molecule has 0 spiro atoms. The first-order chi connectivity index (χ1) is 9.79. The third kappa shape index (κ3) is 1.89. The van der Waals surface area contributed by atoms with Crippen LogP contribution in [0.3, 0.4) is 0 Å². The third-order valence-corrected chi connectivity index (χ3v) is 3.78. The number of imidazole rings is 1. The Hall–Kier alpha value is -2.20. The van der Waals surface area contributed by atoms with Gasteiger partial charge in [0.25, 0.3) is 0 Å². The minimum absolute atomic E-state index is 0.795. The molecule has 4 rings (SSSR count). The summed E-state index contributed by atoms with van der Waals surface area (Å²) in [6.07, 6.45) is 0. The molecule has 2 aromatic heterocycles. The lowest BCUT2D eigenvalue weighted by molar-refractivity contribution is 1.27. The van der Waals surface area contributed by atoms with E-state index in [2.05, 4.69) is 43.0 Å². The van der Waals surface area contributed by atoms with Crippen LogP contribution in [0.5, 0.6) is 0 Å². The monoisotopic (exact) mass is 323 g/mol. The molecule has 0 aliphatic heterocycles. The number of pyridine rings is 1. The summed E-state index contributed by atoms with van der Waals surface area (Å²) in [7, 11) is 0. The molecule has 0 aliphatic rings. The van der Waals surface area contributed by atoms with E-state index >= 15 is 0 Å². The van der Waals surface area contributed by atoms with E-state index in [1.54, 1.807) is 0 Å². The zero-order chi connectivity index (χ0) is 13.5. The van der Waals surface area contributed by atoms with E-state index in [-0.39, 0.29) is 0 Å². The summed E-state index contributed by atoms with van der Waals surface area (Å²) in [5.41, 5.74) is 3.78. The zero-order valence-corrected chi connectivity index (χ0v) is 12.1. The average molecular weight is 324 g/mol. The number of fused-ring (bicyclic) bond motifs is 2. The summed E-state index contributed by atoms with van der Waals surface area (Å²) in [4.78, 5) is 12.6. The van der Waals surface area contributed by atoms with Gasteiger partial charge in [0.1, 0.15) is 5.69 Å². The van der Waals surface area contributed by atoms with Crippen LogP contribution in [0.25, 0.3) is 33.5 Å². The number of aromatic amines is 1. The summed E-state index contributed by atoms with van der Waals surface area (Å²) in [5, 5.41) is 1.13. The third-order valence-electron chi connectivity index (χ3n) is 3.28. The van der Waals surface area contributed by atoms with E-state index in [1.807, 2.05) is 42.5 Å². The van der Waals surface area contributed by atoms with E-state index in [1.165, 1.54) is 0 Å². The summed E-state index contributed by atoms with van der Waals surface area (Å²) in [6.45, 7) is 0. The normalized spacial score (nSPS) is 11.2. The van der Waals surface area contributed by atoms with Gasteiger partial charge in [0.15, 0.2) is 5.82 Å². The first-order valence-corrected chi connectivity index (χ1v) is 7.10. The quantitative estimate of drug-likeness (QED) is 0.558. The maximum absolute atomic E-state index is 4.66. The average Bonchev–Trinajstić information content (AvgIpc) is 2.89. The van der Waals surface area contributed by atoms with Crippen LogP contribution < -0.4 is 0 Å². The Morgan fingerprint density at radius 1 is 0.850 bits per heavy atom. The highest BCUT2D eigenvalue weighted by atomic mass is 79.9. The lowest BCUT2D eigenvalue weighted by atomic mass is 10.2. The van der Waals surface area contributed by atoms with Gasteiger partial charge in [-0.25, -0.2) is 9.97 Å². The second-order valence-corrected chi connectivity index (χ2v) is 5.55. The predicted molar refractivity (Wildman–Crippen MR) is 84.5 cm³/mol. The van der Waals surface area contributed by atoms with Gasteiger partial charge in [-0.3, -0.25) is 0 Å². The van der Waals surface area contributed by atoms with Crippen molar-refractivity contribution in [2.45, 2.75) is 0 Å². The van der Waals surface area contributed by atoms with Gasteiger partial charge in [0, 0.05) is 9.86 Å². The highest BCUT2D eigenvalue weighted by Gasteiger charge is 2.07. The fraction of sp³-hybridized carbons (Fsp3) is 0. The maximum atomic E-state index is 4.66. The van der Waals surface area contributed by atoms with Gasteiger partial charge in [0.05, 0.1) is 16.6 Å². The topological polar surface area (TPSA) is 41.6 Å². The molecule has 0 atom stereocenters. The van der Waals surface area contributed by atoms with Crippen molar-refractivity contribution in [3.05, 3.63) is 59.1 Å². The summed E-state index contributed by atoms with van der Waals surface area (Å²) in [6, 6.07) is 18.1. The van der Waals surface area contributed by atoms with Crippen molar-refractivity contribution in [1.29, 1.82) is 0 Å². The second kappa shape index (κ2) is 4.42. The Morgan fingerprint density at radius 2 is 1.75 bits per heavy atom. The van der Waals surface area contributed by atoms with Gasteiger partial charge >= 0.3 is 0 Å². The van der Waals surface area contributed by atoms with Gasteiger partial charge < -0.3 is 4.98 Å². The van der Waals surface area contributed by atoms with Crippen LogP contribution >= 0.6 is 15.9 Å². The molecule has 0 saturated heterocycles. The van der Waals surface area contributed by atoms with Crippen molar-refractivity contribution in [2.24, 2.45) is 0 Å². The number of nitrogens with one attached hydrogen (secondary N) is 1. The summed E-state index contributed by atoms with van der Waals surface area (Å²) < 4.78 is 1.03. The van der Waals surface area contributed by atoms with Crippen LogP contribution in [0.4, 0.5) is 0 Å². The molecule has 0 unspecified atom stereocenters. The molecule has 20 heavy (non-hydrogen) atoms. The van der Waals surface area contributed by atoms with E-state index in [0.717, 1.165) is 37.9 Å². The van der Waals surface area contributed by atoms with Gasteiger partial charge in [-0.1, -0.05) is 40.2 Å². The van der Waals surface area contributed by atoms with E-state index in [0.29, 0.717) is 0 Å². The molecule has 0 bridgehead atoms. The van der Waals surface area contributed by atoms with E-state index < -0.39 is 0 Å². The van der Waals surface area contributed by atoms with Gasteiger partial charge in [-0.15, -0.1) is 0 Å². The van der Waals surface area contributed by atoms with Gasteiger partial charge in [-0.05, 0) is 30.3 Å². The smallest absolute Gasteiger partial charge is 0.157 e. The van der Waals surface area contributed by atoms with Crippen molar-refractivity contribution >= 4 is 37.9 Å². The predicted octanol–water partition coefficient (Wildman–Crippen LogP) is 4.54. The van der Waals surface area contributed by atoms with Crippen molar-refractivity contribution in [3.8, 4) is 11.5 Å². The van der Waals surface area contributed by atoms with E-state index in [9.17, 15) is 0 Å². The second-order valence-electron chi connectivity index (χ2n) is 4.64. The number of hydrogen-bond donors (Lipinski definition) is 1. The molecule has 4 aromatic rings. The number of para-hydroxylation sites is 1. The summed E-state index contributed by atoms with van der Waals surface area (Å²) >= 11 is 3.47. The fourth-order valence-electron chi connectivity index (χ4n) is 2.30. The van der Waals surface area contributed by atoms with Crippen LogP contribution in [-0.2, 0) is 0 Å². The molecule has 96 valence electrons. The molecule has 3 nitrogen and oxygen atoms in total. The molecule has 0 aliphatic carbocycles. The van der Waals surface area contributed by atoms with Crippen LogP contribution in [0.15, 0.2) is 59.1 Å². The molecule has 0 fully saturated rings. The lowest BCUT2D eigenvalue weighted by Gasteiger charge is -1.99. The van der Waals surface area contributed by atoms with Crippen LogP contribution in [0, 0.1) is 0 Å². The molecule has 4 heteroatoms. The van der Waals surface area contributed by atoms with Crippen LogP contribution in [-0.4, -0.2) is 15.0 Å². The van der Waals surface area contributed by atoms with Crippen molar-refractivity contribution in [1.82, 2.24) is 15.0 Å². The molecule has 0 saturated carbocycles. The molecule has 2 heterocycles. The largest absolute Gasteiger partial charge is 0.337 e. The summed E-state index contributed by atoms with van der Waals surface area (Å²) in [5.74, 6) is 0.795. The van der Waals surface area contributed by atoms with Crippen molar-refractivity contribution in [3.63, 3.8) is 0 Å². The number of hydrogen-bond acceptors (Lipinski definition) is 2. The highest BCUT2D eigenvalue weighted by molar-refractivity contribution is 9.10. The first kappa shape index (κ1) is 11.6. The number of nitrogens with zero attached hydrogens (tertiary/aromatic N) is 2. The van der Waals surface area contributed by atoms with Crippen molar-refractivity contribution < 1.29 is 0 Å². The Bertz CT molecular complexity index is 927. The lowest BCUT2D eigenvalue weighted by Crippen LogP contribution is -1.86. The number of H-pyrrole nitrogens is 1. The van der Waals surface area contributed by atoms with Gasteiger partial charge in [0.2, 0.25) is 0 Å². The molecular weight excluding hydrogens is 314 g/mol. The Morgan fingerprint density at radius 3 is 2.70 bits per heavy atom. The standard InChI is InChI=1S/C16H10BrN3/c17-11-6-8-13-15(9-11)20-16(19-13)14-7-5-10-3-1-2-4-12(10)18-14/h1-9H,(H,19,20). The Balaban J connectivity index is 1.91.